The number of nitrogens with zero attached hydrogens (tertiary/aromatic N) is 1. The van der Waals surface area contributed by atoms with E-state index in [0.717, 1.165) is 30.7 Å². The summed E-state index contributed by atoms with van der Waals surface area (Å²) in [5, 5.41) is 7.32. The van der Waals surface area contributed by atoms with Crippen LogP contribution in [0.4, 0.5) is 0 Å². The average Bonchev–Trinajstić information content (AvgIpc) is 2.81. The first kappa shape index (κ1) is 14.5. The summed E-state index contributed by atoms with van der Waals surface area (Å²) in [6.07, 6.45) is 5.55. The lowest BCUT2D eigenvalue weighted by Crippen LogP contribution is -2.34. The highest BCUT2D eigenvalue weighted by Crippen LogP contribution is 2.59. The number of hydrogen-bond acceptors (Lipinski definition) is 3. The molecule has 1 aromatic heterocycles. The van der Waals surface area contributed by atoms with Gasteiger partial charge in [-0.15, -0.1) is 11.3 Å². The minimum absolute atomic E-state index is 0.179. The lowest BCUT2D eigenvalue weighted by molar-refractivity contribution is 0.409. The van der Waals surface area contributed by atoms with Crippen molar-refractivity contribution in [3.05, 3.63) is 16.1 Å². The molecule has 3 atom stereocenters. The van der Waals surface area contributed by atoms with Gasteiger partial charge in [-0.3, -0.25) is 0 Å². The van der Waals surface area contributed by atoms with Crippen LogP contribution in [0.1, 0.15) is 57.7 Å². The fraction of sp³-hybridized carbons (Fsp3) is 0.824. The number of hydrogen-bond donors (Lipinski definition) is 1. The van der Waals surface area contributed by atoms with Gasteiger partial charge >= 0.3 is 0 Å². The van der Waals surface area contributed by atoms with Gasteiger partial charge in [0.2, 0.25) is 0 Å². The second kappa shape index (κ2) is 5.42. The van der Waals surface area contributed by atoms with Crippen molar-refractivity contribution in [2.24, 2.45) is 17.8 Å². The molecular weight excluding hydrogens is 264 g/mol. The fourth-order valence-corrected chi connectivity index (χ4v) is 5.10. The van der Waals surface area contributed by atoms with Gasteiger partial charge in [0.05, 0.1) is 10.7 Å². The minimum Gasteiger partial charge on any atom is -0.314 e. The molecule has 1 aromatic rings. The Labute approximate surface area is 127 Å². The van der Waals surface area contributed by atoms with E-state index in [4.69, 9.17) is 4.98 Å². The van der Waals surface area contributed by atoms with Crippen molar-refractivity contribution in [1.29, 1.82) is 0 Å². The highest BCUT2D eigenvalue weighted by molar-refractivity contribution is 7.09. The maximum absolute atomic E-state index is 4.89. The molecule has 0 spiro atoms. The summed E-state index contributed by atoms with van der Waals surface area (Å²) in [6, 6.07) is 0.661. The predicted octanol–water partition coefficient (Wildman–Crippen LogP) is 4.01. The Kier molecular flexibility index (Phi) is 3.93. The van der Waals surface area contributed by atoms with Crippen LogP contribution in [-0.4, -0.2) is 17.6 Å². The van der Waals surface area contributed by atoms with E-state index in [9.17, 15) is 0 Å². The van der Waals surface area contributed by atoms with Crippen molar-refractivity contribution < 1.29 is 0 Å². The molecule has 1 heterocycles. The Morgan fingerprint density at radius 3 is 2.60 bits per heavy atom. The molecule has 0 radical (unpaired) electrons. The second-order valence-electron chi connectivity index (χ2n) is 7.58. The number of likely N-dealkylation sites (N-methyl/N-ethyl adjacent to an activating group) is 1. The number of nitrogens with one attached hydrogen (secondary N) is 1. The van der Waals surface area contributed by atoms with Crippen LogP contribution in [0, 0.1) is 17.8 Å². The zero-order valence-corrected chi connectivity index (χ0v) is 14.1. The van der Waals surface area contributed by atoms with Gasteiger partial charge in [0.1, 0.15) is 0 Å². The number of rotatable bonds is 5. The van der Waals surface area contributed by atoms with Crippen LogP contribution in [0.3, 0.4) is 0 Å². The van der Waals surface area contributed by atoms with E-state index in [1.165, 1.54) is 30.0 Å². The third-order valence-corrected chi connectivity index (χ3v) is 5.99. The van der Waals surface area contributed by atoms with E-state index in [-0.39, 0.29) is 5.41 Å². The summed E-state index contributed by atoms with van der Waals surface area (Å²) in [5.41, 5.74) is 1.43. The number of fused-ring (bicyclic) bond motifs is 1. The summed E-state index contributed by atoms with van der Waals surface area (Å²) in [7, 11) is 0. The second-order valence-corrected chi connectivity index (χ2v) is 8.52. The molecule has 3 heteroatoms. The third-order valence-electron chi connectivity index (χ3n) is 5.12. The Morgan fingerprint density at radius 1 is 1.35 bits per heavy atom. The van der Waals surface area contributed by atoms with Crippen LogP contribution in [0.25, 0.3) is 0 Å². The first-order chi connectivity index (χ1) is 9.50. The van der Waals surface area contributed by atoms with E-state index in [1.807, 2.05) is 11.3 Å². The normalized spacial score (nSPS) is 30.3. The van der Waals surface area contributed by atoms with Gasteiger partial charge in [-0.1, -0.05) is 34.1 Å². The van der Waals surface area contributed by atoms with Gasteiger partial charge in [0.25, 0.3) is 0 Å². The van der Waals surface area contributed by atoms with E-state index in [2.05, 4.69) is 38.4 Å². The first-order valence-corrected chi connectivity index (χ1v) is 9.07. The molecule has 0 amide bonds. The topological polar surface area (TPSA) is 24.9 Å². The Hall–Kier alpha value is -0.410. The van der Waals surface area contributed by atoms with E-state index < -0.39 is 0 Å². The molecule has 0 bridgehead atoms. The molecule has 2 saturated carbocycles. The molecule has 3 unspecified atom stereocenters. The molecule has 3 rings (SSSR count). The van der Waals surface area contributed by atoms with Gasteiger partial charge in [-0.05, 0) is 37.1 Å². The predicted molar refractivity (Wildman–Crippen MR) is 86.3 cm³/mol. The van der Waals surface area contributed by atoms with Crippen molar-refractivity contribution >= 4 is 11.3 Å². The molecule has 0 saturated heterocycles. The van der Waals surface area contributed by atoms with Crippen LogP contribution in [0.5, 0.6) is 0 Å². The standard InChI is InChI=1S/C17H28N2S/c1-5-18-13(16-11-7-6-8-12(11)16)9-15-19-14(10-20-15)17(2,3)4/h10-13,16,18H,5-9H2,1-4H3. The Balaban J connectivity index is 1.66. The summed E-state index contributed by atoms with van der Waals surface area (Å²) in [5.74, 6) is 2.99. The lowest BCUT2D eigenvalue weighted by atomic mass is 9.93. The van der Waals surface area contributed by atoms with Crippen LogP contribution in [0.15, 0.2) is 5.38 Å². The van der Waals surface area contributed by atoms with Crippen LogP contribution >= 0.6 is 11.3 Å². The van der Waals surface area contributed by atoms with Crippen LogP contribution in [0.2, 0.25) is 0 Å². The van der Waals surface area contributed by atoms with E-state index >= 15 is 0 Å². The third kappa shape index (κ3) is 2.80. The lowest BCUT2D eigenvalue weighted by Gasteiger charge is -2.19. The highest BCUT2D eigenvalue weighted by Gasteiger charge is 2.55. The van der Waals surface area contributed by atoms with Gasteiger partial charge in [-0.2, -0.15) is 0 Å². The van der Waals surface area contributed by atoms with Crippen molar-refractivity contribution in [2.45, 2.75) is 64.8 Å². The highest BCUT2D eigenvalue weighted by atomic mass is 32.1. The Morgan fingerprint density at radius 2 is 2.05 bits per heavy atom. The van der Waals surface area contributed by atoms with Gasteiger partial charge in [-0.25, -0.2) is 4.98 Å². The molecular formula is C17H28N2S. The smallest absolute Gasteiger partial charge is 0.0944 e. The summed E-state index contributed by atoms with van der Waals surface area (Å²) >= 11 is 1.85. The van der Waals surface area contributed by atoms with Crippen molar-refractivity contribution in [3.63, 3.8) is 0 Å². The number of thiazole rings is 1. The van der Waals surface area contributed by atoms with Gasteiger partial charge in [0, 0.05) is 23.3 Å². The molecule has 2 fully saturated rings. The zero-order valence-electron chi connectivity index (χ0n) is 13.3. The Bertz CT molecular complexity index is 450. The maximum atomic E-state index is 4.89. The van der Waals surface area contributed by atoms with Crippen molar-refractivity contribution in [3.8, 4) is 0 Å². The molecule has 0 aliphatic heterocycles. The zero-order chi connectivity index (χ0) is 14.3. The van der Waals surface area contributed by atoms with Crippen molar-refractivity contribution in [2.75, 3.05) is 6.54 Å². The molecule has 2 aliphatic carbocycles. The summed E-state index contributed by atoms with van der Waals surface area (Å²) in [4.78, 5) is 4.89. The maximum Gasteiger partial charge on any atom is 0.0944 e. The molecule has 1 N–H and O–H groups in total. The fourth-order valence-electron chi connectivity index (χ4n) is 4.02. The summed E-state index contributed by atoms with van der Waals surface area (Å²) in [6.45, 7) is 10.1. The molecule has 0 aromatic carbocycles. The largest absolute Gasteiger partial charge is 0.314 e. The monoisotopic (exact) mass is 292 g/mol. The van der Waals surface area contributed by atoms with Gasteiger partial charge in [0.15, 0.2) is 0 Å². The average molecular weight is 292 g/mol. The van der Waals surface area contributed by atoms with Gasteiger partial charge < -0.3 is 5.32 Å². The quantitative estimate of drug-likeness (QED) is 0.887. The summed E-state index contributed by atoms with van der Waals surface area (Å²) < 4.78 is 0. The number of aromatic nitrogens is 1. The van der Waals surface area contributed by atoms with Crippen molar-refractivity contribution in [1.82, 2.24) is 10.3 Å². The van der Waals surface area contributed by atoms with Crippen LogP contribution in [-0.2, 0) is 11.8 Å². The molecule has 2 aliphatic rings. The molecule has 20 heavy (non-hydrogen) atoms. The molecule has 2 nitrogen and oxygen atoms in total. The minimum atomic E-state index is 0.179. The van der Waals surface area contributed by atoms with E-state index in [0.29, 0.717) is 6.04 Å². The van der Waals surface area contributed by atoms with Crippen LogP contribution < -0.4 is 5.32 Å². The van der Waals surface area contributed by atoms with E-state index in [1.54, 1.807) is 0 Å². The first-order valence-electron chi connectivity index (χ1n) is 8.19. The molecule has 112 valence electrons. The SMILES string of the molecule is CCNC(Cc1nc(C(C)(C)C)cs1)C1C2CCCC21.